The highest BCUT2D eigenvalue weighted by molar-refractivity contribution is 5.35. The third-order valence-corrected chi connectivity index (χ3v) is 9.78. The average molecular weight is 957 g/mol. The molecule has 0 saturated heterocycles. The van der Waals surface area contributed by atoms with Crippen molar-refractivity contribution in [3.05, 3.63) is 29.8 Å². The van der Waals surface area contributed by atoms with Crippen molar-refractivity contribution in [3.8, 4) is 30.8 Å². The molecule has 2 unspecified atom stereocenters. The second-order valence-corrected chi connectivity index (χ2v) is 16.5. The van der Waals surface area contributed by atoms with Gasteiger partial charge in [0.2, 0.25) is 36.5 Å². The molecule has 69 heavy (non-hydrogen) atoms. The smallest absolute Gasteiger partial charge is 0.292 e. The Bertz CT molecular complexity index is 1940. The van der Waals surface area contributed by atoms with Crippen LogP contribution in [-0.4, -0.2) is 88.5 Å². The predicted octanol–water partition coefficient (Wildman–Crippen LogP) is 9.33. The summed E-state index contributed by atoms with van der Waals surface area (Å²) in [7, 11) is 0. The summed E-state index contributed by atoms with van der Waals surface area (Å²) in [5.41, 5.74) is 0.925. The first-order chi connectivity index (χ1) is 33.5. The Morgan fingerprint density at radius 1 is 0.493 bits per heavy atom. The van der Waals surface area contributed by atoms with Crippen LogP contribution >= 0.6 is 0 Å². The Morgan fingerprint density at radius 3 is 1.28 bits per heavy atom. The lowest BCUT2D eigenvalue weighted by Gasteiger charge is -2.44. The lowest BCUT2D eigenvalue weighted by molar-refractivity contribution is 0.0915. The SMILES string of the molecule is CC1(C)CC(N=C=O)CC(C)(CN=C=O)C1.N#COCCCCCCCCCCCCN=C=O.N#COCCCCCCN=C=O.N#COCCCCN=C=O.N#COc1ccc(CN=C=O)cc1. The number of aliphatic imine (C=N–C) groups is 6. The summed E-state index contributed by atoms with van der Waals surface area (Å²) < 4.78 is 18.0. The number of nitrogens with zero attached hydrogens (tertiary/aromatic N) is 10. The number of benzene rings is 1. The average Bonchev–Trinajstić information content (AvgIpc) is 3.33. The lowest BCUT2D eigenvalue weighted by atomic mass is 9.63. The van der Waals surface area contributed by atoms with Gasteiger partial charge < -0.3 is 18.9 Å². The van der Waals surface area contributed by atoms with E-state index in [1.165, 1.54) is 56.8 Å². The molecule has 1 aliphatic carbocycles. The number of hydrogen-bond donors (Lipinski definition) is 0. The van der Waals surface area contributed by atoms with Gasteiger partial charge in [-0.3, -0.25) is 0 Å². The molecule has 20 heteroatoms. The number of hydrogen-bond acceptors (Lipinski definition) is 20. The Hall–Kier alpha value is -7.34. The van der Waals surface area contributed by atoms with Crippen molar-refractivity contribution in [2.24, 2.45) is 40.8 Å². The maximum Gasteiger partial charge on any atom is 0.292 e. The van der Waals surface area contributed by atoms with E-state index in [-0.39, 0.29) is 16.9 Å². The van der Waals surface area contributed by atoms with E-state index < -0.39 is 0 Å². The zero-order valence-electron chi connectivity index (χ0n) is 40.5. The number of unbranched alkanes of at least 4 members (excludes halogenated alkanes) is 13. The molecule has 1 aromatic rings. The number of rotatable bonds is 31. The largest absolute Gasteiger partial charge is 0.428 e. The first-order valence-electron chi connectivity index (χ1n) is 22.9. The first-order valence-corrected chi connectivity index (χ1v) is 22.9. The second-order valence-electron chi connectivity index (χ2n) is 16.5. The van der Waals surface area contributed by atoms with E-state index in [0.29, 0.717) is 58.3 Å². The fourth-order valence-corrected chi connectivity index (χ4v) is 7.06. The van der Waals surface area contributed by atoms with Crippen molar-refractivity contribution in [2.75, 3.05) is 46.0 Å². The molecule has 2 atom stereocenters. The van der Waals surface area contributed by atoms with Crippen molar-refractivity contribution in [2.45, 2.75) is 155 Å². The molecule has 0 N–H and O–H groups in total. The number of nitriles is 4. The highest BCUT2D eigenvalue weighted by Gasteiger charge is 2.41. The van der Waals surface area contributed by atoms with Gasteiger partial charge in [-0.1, -0.05) is 90.7 Å². The number of ether oxygens (including phenoxy) is 4. The van der Waals surface area contributed by atoms with Crippen LogP contribution in [0, 0.1) is 56.9 Å². The second kappa shape index (κ2) is 51.6. The summed E-state index contributed by atoms with van der Waals surface area (Å²) in [6, 6.07) is 6.74. The van der Waals surface area contributed by atoms with Crippen LogP contribution in [0.2, 0.25) is 0 Å². The molecule has 1 saturated carbocycles. The molecule has 2 rings (SSSR count). The molecular formula is C49H68N10O10. The molecule has 0 aliphatic heterocycles. The zero-order chi connectivity index (χ0) is 51.8. The van der Waals surface area contributed by atoms with E-state index >= 15 is 0 Å². The predicted molar refractivity (Wildman–Crippen MR) is 253 cm³/mol. The molecule has 1 fully saturated rings. The highest BCUT2D eigenvalue weighted by atomic mass is 16.5. The number of isocyanates is 6. The Morgan fingerprint density at radius 2 is 0.884 bits per heavy atom. The van der Waals surface area contributed by atoms with Crippen molar-refractivity contribution in [1.29, 1.82) is 21.0 Å². The lowest BCUT2D eigenvalue weighted by Crippen LogP contribution is -2.39. The minimum Gasteiger partial charge on any atom is -0.428 e. The molecule has 374 valence electrons. The monoisotopic (exact) mass is 957 g/mol. The molecule has 0 spiro atoms. The van der Waals surface area contributed by atoms with Gasteiger partial charge in [0.05, 0.1) is 38.8 Å². The van der Waals surface area contributed by atoms with Gasteiger partial charge in [-0.05, 0) is 92.7 Å². The maximum atomic E-state index is 10.3. The van der Waals surface area contributed by atoms with E-state index in [4.69, 9.17) is 21.0 Å². The first kappa shape index (κ1) is 65.9. The normalized spacial score (nSPS) is 14.0. The van der Waals surface area contributed by atoms with Gasteiger partial charge in [-0.2, -0.15) is 15.8 Å². The Balaban J connectivity index is -0.000000801. The Labute approximate surface area is 407 Å². The minimum atomic E-state index is -0.0653. The topological polar surface area (TPSA) is 309 Å². The highest BCUT2D eigenvalue weighted by Crippen LogP contribution is 2.47. The molecule has 1 aromatic carbocycles. The van der Waals surface area contributed by atoms with E-state index in [1.807, 2.05) is 0 Å². The van der Waals surface area contributed by atoms with E-state index in [2.05, 4.69) is 69.7 Å². The van der Waals surface area contributed by atoms with Gasteiger partial charge >= 0.3 is 0 Å². The summed E-state index contributed by atoms with van der Waals surface area (Å²) in [4.78, 5) is 80.5. The van der Waals surface area contributed by atoms with Crippen molar-refractivity contribution < 1.29 is 47.7 Å². The van der Waals surface area contributed by atoms with E-state index in [1.54, 1.807) is 67.5 Å². The van der Waals surface area contributed by atoms with Crippen molar-refractivity contribution in [3.63, 3.8) is 0 Å². The summed E-state index contributed by atoms with van der Waals surface area (Å²) in [6.45, 7) is 10.3. The Kier molecular flexibility index (Phi) is 49.3. The van der Waals surface area contributed by atoms with E-state index in [9.17, 15) is 28.8 Å². The molecule has 0 bridgehead atoms. The quantitative estimate of drug-likeness (QED) is 0.0290. The standard InChI is InChI=1S/C14H24N2O2.C12H18N2O2.C9H6N2O2.C8H12N2O2.C6H8N2O2/c15-13-18-12-10-8-6-4-2-1-3-5-7-9-11-16-14-17;1-11(2)4-10(14-9-16)5-12(3,6-11)7-13-8-15;10-6-13-9-3-1-8(2-4-9)5-11-7-12;9-7-12-6-4-2-1-3-5-10-8-11;7-5-10-4-2-1-3-8-6-9/h1-12H2;10H,4-7H2,1-3H3;1-4H,5H2;1-6H2;1-4H2. The molecule has 0 radical (unpaired) electrons. The van der Waals surface area contributed by atoms with Crippen LogP contribution < -0.4 is 4.74 Å². The van der Waals surface area contributed by atoms with E-state index in [0.717, 1.165) is 89.0 Å². The molecule has 1 aliphatic rings. The maximum absolute atomic E-state index is 10.3. The summed E-state index contributed by atoms with van der Waals surface area (Å²) in [5.74, 6) is 0.473. The van der Waals surface area contributed by atoms with Crippen molar-refractivity contribution >= 4 is 36.5 Å². The molecular weight excluding hydrogens is 889 g/mol. The fraction of sp³-hybridized carbons (Fsp3) is 0.673. The van der Waals surface area contributed by atoms with Gasteiger partial charge in [-0.15, -0.1) is 5.26 Å². The van der Waals surface area contributed by atoms with Crippen molar-refractivity contribution in [1.82, 2.24) is 0 Å². The van der Waals surface area contributed by atoms with Crippen LogP contribution in [0.1, 0.15) is 148 Å². The van der Waals surface area contributed by atoms with Gasteiger partial charge in [0.25, 0.3) is 25.0 Å². The third-order valence-electron chi connectivity index (χ3n) is 9.78. The van der Waals surface area contributed by atoms with Gasteiger partial charge in [-0.25, -0.2) is 58.7 Å². The van der Waals surface area contributed by atoms with Crippen LogP contribution in [0.3, 0.4) is 0 Å². The summed E-state index contributed by atoms with van der Waals surface area (Å²) in [5, 5.41) is 32.3. The molecule has 20 nitrogen and oxygen atoms in total. The fourth-order valence-electron chi connectivity index (χ4n) is 7.06. The molecule has 0 heterocycles. The zero-order valence-corrected chi connectivity index (χ0v) is 40.5. The van der Waals surface area contributed by atoms with Crippen LogP contribution in [0.15, 0.2) is 54.2 Å². The minimum absolute atomic E-state index is 0.00750. The molecule has 0 amide bonds. The van der Waals surface area contributed by atoms with Gasteiger partial charge in [0.1, 0.15) is 25.6 Å². The van der Waals surface area contributed by atoms with Crippen LogP contribution in [0.5, 0.6) is 5.75 Å². The summed E-state index contributed by atoms with van der Waals surface area (Å²) in [6.07, 6.45) is 35.5. The van der Waals surface area contributed by atoms with Gasteiger partial charge in [0, 0.05) is 0 Å². The number of carbonyl (C=O) groups excluding carboxylic acids is 6. The summed E-state index contributed by atoms with van der Waals surface area (Å²) >= 11 is 0. The third kappa shape index (κ3) is 49.9. The van der Waals surface area contributed by atoms with Crippen LogP contribution in [0.4, 0.5) is 0 Å². The van der Waals surface area contributed by atoms with Gasteiger partial charge in [0.15, 0.2) is 0 Å². The van der Waals surface area contributed by atoms with Crippen LogP contribution in [-0.2, 0) is 49.5 Å². The van der Waals surface area contributed by atoms with Crippen LogP contribution in [0.25, 0.3) is 0 Å². The molecule has 0 aromatic heterocycles.